The molecule has 0 heterocycles. The molecule has 1 heteroatoms. The third kappa shape index (κ3) is 5.14. The van der Waals surface area contributed by atoms with E-state index in [0.717, 1.165) is 17.1 Å². The Bertz CT molecular complexity index is 3700. The van der Waals surface area contributed by atoms with Crippen LogP contribution in [0.2, 0.25) is 0 Å². The van der Waals surface area contributed by atoms with Gasteiger partial charge in [-0.3, -0.25) is 0 Å². The molecular formula is C66H43N. The number of benzene rings is 11. The molecule has 0 aromatic heterocycles. The van der Waals surface area contributed by atoms with Crippen LogP contribution in [0.4, 0.5) is 17.1 Å². The quantitative estimate of drug-likeness (QED) is 0.161. The maximum Gasteiger partial charge on any atom is 0.0726 e. The SMILES string of the molecule is c1ccc(-c2ccc3c4c(cccc24)C2(c4ccccc4-c4ccc(N(c5ccccc5)c5ccc6c(c5)C(c5ccccc5)(c5ccccc5)c5ccccc5-6)cc42)c2ccccc2-3)cc1. The zero-order valence-corrected chi connectivity index (χ0v) is 36.8. The Kier molecular flexibility index (Phi) is 8.18. The summed E-state index contributed by atoms with van der Waals surface area (Å²) in [6.07, 6.45) is 0. The van der Waals surface area contributed by atoms with Gasteiger partial charge in [-0.25, -0.2) is 0 Å². The van der Waals surface area contributed by atoms with E-state index in [1.807, 2.05) is 0 Å². The van der Waals surface area contributed by atoms with E-state index in [0.29, 0.717) is 0 Å². The first-order valence-corrected chi connectivity index (χ1v) is 23.4. The lowest BCUT2D eigenvalue weighted by Gasteiger charge is -2.40. The summed E-state index contributed by atoms with van der Waals surface area (Å²) < 4.78 is 0. The Balaban J connectivity index is 1.04. The van der Waals surface area contributed by atoms with Crippen LogP contribution in [0, 0.1) is 0 Å². The predicted molar refractivity (Wildman–Crippen MR) is 278 cm³/mol. The van der Waals surface area contributed by atoms with E-state index in [1.54, 1.807) is 0 Å². The molecule has 3 aliphatic rings. The van der Waals surface area contributed by atoms with Crippen molar-refractivity contribution < 1.29 is 0 Å². The average molecular weight is 850 g/mol. The van der Waals surface area contributed by atoms with E-state index in [1.165, 1.54) is 99.8 Å². The molecule has 1 unspecified atom stereocenters. The van der Waals surface area contributed by atoms with Gasteiger partial charge in [-0.2, -0.15) is 0 Å². The first-order chi connectivity index (χ1) is 33.3. The lowest BCUT2D eigenvalue weighted by molar-refractivity contribution is 0.768. The molecular weight excluding hydrogens is 807 g/mol. The molecule has 11 aromatic rings. The Morgan fingerprint density at radius 3 is 1.21 bits per heavy atom. The number of rotatable bonds is 6. The zero-order valence-electron chi connectivity index (χ0n) is 36.8. The molecule has 0 N–H and O–H groups in total. The minimum Gasteiger partial charge on any atom is -0.310 e. The van der Waals surface area contributed by atoms with Crippen molar-refractivity contribution in [3.8, 4) is 44.5 Å². The first-order valence-electron chi connectivity index (χ1n) is 23.4. The highest BCUT2D eigenvalue weighted by atomic mass is 15.1. The van der Waals surface area contributed by atoms with E-state index >= 15 is 0 Å². The molecule has 0 bridgehead atoms. The fourth-order valence-electron chi connectivity index (χ4n) is 12.6. The van der Waals surface area contributed by atoms with Gasteiger partial charge in [-0.05, 0) is 136 Å². The largest absolute Gasteiger partial charge is 0.310 e. The van der Waals surface area contributed by atoms with Gasteiger partial charge in [0.05, 0.1) is 10.8 Å². The van der Waals surface area contributed by atoms with Crippen LogP contribution >= 0.6 is 0 Å². The van der Waals surface area contributed by atoms with Gasteiger partial charge >= 0.3 is 0 Å². The minimum absolute atomic E-state index is 0.521. The van der Waals surface area contributed by atoms with Crippen LogP contribution in [0.25, 0.3) is 55.3 Å². The molecule has 3 aliphatic carbocycles. The molecule has 11 aromatic carbocycles. The van der Waals surface area contributed by atoms with Crippen LogP contribution in [0.5, 0.6) is 0 Å². The Morgan fingerprint density at radius 1 is 0.239 bits per heavy atom. The van der Waals surface area contributed by atoms with Crippen LogP contribution in [0.15, 0.2) is 261 Å². The molecule has 0 aliphatic heterocycles. The summed E-state index contributed by atoms with van der Waals surface area (Å²) in [6.45, 7) is 0. The normalized spacial score (nSPS) is 15.3. The number of para-hydroxylation sites is 1. The molecule has 0 amide bonds. The fourth-order valence-corrected chi connectivity index (χ4v) is 12.6. The first kappa shape index (κ1) is 37.8. The minimum atomic E-state index is -0.571. The molecule has 0 saturated heterocycles. The van der Waals surface area contributed by atoms with E-state index in [4.69, 9.17) is 0 Å². The van der Waals surface area contributed by atoms with Gasteiger partial charge in [0, 0.05) is 17.1 Å². The summed E-state index contributed by atoms with van der Waals surface area (Å²) in [7, 11) is 0. The van der Waals surface area contributed by atoms with E-state index in [9.17, 15) is 0 Å². The topological polar surface area (TPSA) is 3.24 Å². The number of nitrogens with zero attached hydrogens (tertiary/aromatic N) is 1. The third-order valence-electron chi connectivity index (χ3n) is 15.2. The molecule has 67 heavy (non-hydrogen) atoms. The lowest BCUT2D eigenvalue weighted by atomic mass is 9.61. The van der Waals surface area contributed by atoms with Crippen molar-refractivity contribution in [3.63, 3.8) is 0 Å². The van der Waals surface area contributed by atoms with E-state index in [-0.39, 0.29) is 0 Å². The summed E-state index contributed by atoms with van der Waals surface area (Å²) in [4.78, 5) is 2.48. The molecule has 0 fully saturated rings. The monoisotopic (exact) mass is 849 g/mol. The van der Waals surface area contributed by atoms with Gasteiger partial charge in [0.1, 0.15) is 0 Å². The Labute approximate surface area is 391 Å². The van der Waals surface area contributed by atoms with Gasteiger partial charge in [-0.1, -0.05) is 224 Å². The van der Waals surface area contributed by atoms with Gasteiger partial charge < -0.3 is 4.90 Å². The highest BCUT2D eigenvalue weighted by Crippen LogP contribution is 2.63. The second-order valence-corrected chi connectivity index (χ2v) is 18.3. The standard InChI is InChI=1S/C66H43N/c1-5-20-44(21-6-1)50-40-41-57-53-30-15-18-34-60(53)66(61-35-19-31-56(50)64(57)61)59-33-17-14-29-52(59)55-39-37-49(43-63(55)66)67(47-26-11-4-12-27-47)48-36-38-54-51-28-13-16-32-58(51)65(62(54)42-48,45-22-7-2-8-23-45)46-24-9-3-10-25-46/h1-43H. The van der Waals surface area contributed by atoms with Crippen molar-refractivity contribution in [2.75, 3.05) is 4.90 Å². The number of anilines is 3. The summed E-state index contributed by atoms with van der Waals surface area (Å²) >= 11 is 0. The van der Waals surface area contributed by atoms with Crippen molar-refractivity contribution in [1.82, 2.24) is 0 Å². The number of hydrogen-bond acceptors (Lipinski definition) is 1. The maximum atomic E-state index is 2.52. The zero-order chi connectivity index (χ0) is 44.1. The van der Waals surface area contributed by atoms with Crippen molar-refractivity contribution in [2.45, 2.75) is 10.8 Å². The third-order valence-corrected chi connectivity index (χ3v) is 15.2. The van der Waals surface area contributed by atoms with Gasteiger partial charge in [0.25, 0.3) is 0 Å². The van der Waals surface area contributed by atoms with Gasteiger partial charge in [0.15, 0.2) is 0 Å². The molecule has 312 valence electrons. The highest BCUT2D eigenvalue weighted by Gasteiger charge is 2.51. The summed E-state index contributed by atoms with van der Waals surface area (Å²) in [5.74, 6) is 0. The molecule has 0 saturated carbocycles. The molecule has 1 spiro atoms. The molecule has 1 atom stereocenters. The highest BCUT2D eigenvalue weighted by molar-refractivity contribution is 6.12. The van der Waals surface area contributed by atoms with E-state index < -0.39 is 10.8 Å². The summed E-state index contributed by atoms with van der Waals surface area (Å²) in [5.41, 5.74) is 22.8. The average Bonchev–Trinajstić information content (AvgIpc) is 3.86. The van der Waals surface area contributed by atoms with Crippen molar-refractivity contribution in [1.29, 1.82) is 0 Å². The lowest BCUT2D eigenvalue weighted by Crippen LogP contribution is -2.32. The van der Waals surface area contributed by atoms with Crippen LogP contribution in [-0.2, 0) is 10.8 Å². The number of fused-ring (bicyclic) bond motifs is 12. The van der Waals surface area contributed by atoms with Crippen LogP contribution < -0.4 is 4.90 Å². The van der Waals surface area contributed by atoms with Gasteiger partial charge in [-0.15, -0.1) is 0 Å². The Morgan fingerprint density at radius 2 is 0.642 bits per heavy atom. The van der Waals surface area contributed by atoms with Crippen LogP contribution in [-0.4, -0.2) is 0 Å². The smallest absolute Gasteiger partial charge is 0.0726 e. The number of hydrogen-bond donors (Lipinski definition) is 0. The second kappa shape index (κ2) is 14.5. The summed E-state index contributed by atoms with van der Waals surface area (Å²) in [5, 5.41) is 2.61. The Hall–Kier alpha value is -8.52. The maximum absolute atomic E-state index is 2.52. The van der Waals surface area contributed by atoms with Crippen molar-refractivity contribution >= 4 is 27.8 Å². The van der Waals surface area contributed by atoms with Crippen molar-refractivity contribution in [3.05, 3.63) is 305 Å². The molecule has 14 rings (SSSR count). The molecule has 0 radical (unpaired) electrons. The van der Waals surface area contributed by atoms with Crippen molar-refractivity contribution in [2.24, 2.45) is 0 Å². The summed E-state index contributed by atoms with van der Waals surface area (Å²) in [6, 6.07) is 97.6. The molecule has 1 nitrogen and oxygen atoms in total. The second-order valence-electron chi connectivity index (χ2n) is 18.3. The van der Waals surface area contributed by atoms with Crippen LogP contribution in [0.1, 0.15) is 44.5 Å². The van der Waals surface area contributed by atoms with E-state index in [2.05, 4.69) is 266 Å². The van der Waals surface area contributed by atoms with Crippen LogP contribution in [0.3, 0.4) is 0 Å². The van der Waals surface area contributed by atoms with Gasteiger partial charge in [0.2, 0.25) is 0 Å². The fraction of sp³-hybridized carbons (Fsp3) is 0.0303. The predicted octanol–water partition coefficient (Wildman–Crippen LogP) is 16.7.